The van der Waals surface area contributed by atoms with Crippen molar-refractivity contribution in [3.05, 3.63) is 29.8 Å². The van der Waals surface area contributed by atoms with Gasteiger partial charge in [-0.25, -0.2) is 0 Å². The Hall–Kier alpha value is -1.49. The smallest absolute Gasteiger partial charge is 0.215 e. The van der Waals surface area contributed by atoms with E-state index < -0.39 is 0 Å². The molecule has 4 nitrogen and oxygen atoms in total. The maximum atomic E-state index is 4.93. The fraction of sp³-hybridized carbons (Fsp3) is 0.222. The highest BCUT2D eigenvalue weighted by Crippen LogP contribution is 2.36. The maximum absolute atomic E-state index is 4.93. The molecule has 5 heteroatoms. The zero-order valence-corrected chi connectivity index (χ0v) is 8.08. The molecule has 0 bridgehead atoms. The van der Waals surface area contributed by atoms with Gasteiger partial charge in [0.05, 0.1) is 0 Å². The van der Waals surface area contributed by atoms with Gasteiger partial charge in [0.1, 0.15) is 12.2 Å². The van der Waals surface area contributed by atoms with Crippen LogP contribution in [-0.2, 0) is 0 Å². The first-order valence-electron chi connectivity index (χ1n) is 4.41. The Kier molecular flexibility index (Phi) is 1.55. The lowest BCUT2D eigenvalue weighted by atomic mass is 10.1. The van der Waals surface area contributed by atoms with Crippen molar-refractivity contribution >= 4 is 23.0 Å². The standard InChI is InChI=1S/C9H8N4S/c14-9-11-8-7(12-13-9)5-3-1-2-4-6(5)10-8/h1-4,7-8,10H,(H,11,14). The van der Waals surface area contributed by atoms with Gasteiger partial charge in [0, 0.05) is 11.3 Å². The molecule has 3 rings (SSSR count). The number of para-hydroxylation sites is 1. The fourth-order valence-electron chi connectivity index (χ4n) is 1.83. The third-order valence-electron chi connectivity index (χ3n) is 2.46. The van der Waals surface area contributed by atoms with Gasteiger partial charge in [0.2, 0.25) is 5.11 Å². The summed E-state index contributed by atoms with van der Waals surface area (Å²) in [5.41, 5.74) is 2.29. The molecule has 0 spiro atoms. The first kappa shape index (κ1) is 7.87. The number of nitrogens with one attached hydrogen (secondary N) is 2. The quantitative estimate of drug-likeness (QED) is 0.634. The van der Waals surface area contributed by atoms with Crippen LogP contribution in [0, 0.1) is 0 Å². The minimum absolute atomic E-state index is 0.0536. The summed E-state index contributed by atoms with van der Waals surface area (Å²) in [5.74, 6) is 0. The van der Waals surface area contributed by atoms with Gasteiger partial charge in [-0.1, -0.05) is 18.2 Å². The molecule has 2 unspecified atom stereocenters. The number of benzene rings is 1. The Bertz CT molecular complexity index is 429. The Morgan fingerprint density at radius 1 is 1.21 bits per heavy atom. The zero-order valence-electron chi connectivity index (χ0n) is 7.27. The molecule has 1 aromatic rings. The van der Waals surface area contributed by atoms with Crippen molar-refractivity contribution in [2.24, 2.45) is 10.2 Å². The molecule has 2 aliphatic heterocycles. The maximum Gasteiger partial charge on any atom is 0.215 e. The van der Waals surface area contributed by atoms with Crippen LogP contribution in [0.2, 0.25) is 0 Å². The van der Waals surface area contributed by atoms with Crippen molar-refractivity contribution in [2.45, 2.75) is 12.2 Å². The Morgan fingerprint density at radius 3 is 3.00 bits per heavy atom. The van der Waals surface area contributed by atoms with E-state index in [1.165, 1.54) is 5.56 Å². The first-order valence-corrected chi connectivity index (χ1v) is 4.82. The molecule has 14 heavy (non-hydrogen) atoms. The van der Waals surface area contributed by atoms with E-state index >= 15 is 0 Å². The molecule has 1 aromatic carbocycles. The van der Waals surface area contributed by atoms with Gasteiger partial charge in [0.25, 0.3) is 0 Å². The number of nitrogens with zero attached hydrogens (tertiary/aromatic N) is 2. The van der Waals surface area contributed by atoms with Crippen LogP contribution in [-0.4, -0.2) is 11.3 Å². The van der Waals surface area contributed by atoms with E-state index in [1.807, 2.05) is 18.2 Å². The van der Waals surface area contributed by atoms with Gasteiger partial charge in [-0.3, -0.25) is 0 Å². The van der Waals surface area contributed by atoms with Crippen molar-refractivity contribution < 1.29 is 0 Å². The number of hydrogen-bond acceptors (Lipinski definition) is 3. The molecular formula is C9H8N4S. The predicted molar refractivity (Wildman–Crippen MR) is 57.2 cm³/mol. The molecule has 0 aliphatic carbocycles. The van der Waals surface area contributed by atoms with E-state index in [2.05, 4.69) is 26.9 Å². The Balaban J connectivity index is 2.07. The van der Waals surface area contributed by atoms with Crippen molar-refractivity contribution in [1.82, 2.24) is 5.32 Å². The van der Waals surface area contributed by atoms with Crippen LogP contribution in [0.15, 0.2) is 34.5 Å². The number of anilines is 1. The van der Waals surface area contributed by atoms with E-state index in [-0.39, 0.29) is 12.2 Å². The second-order valence-corrected chi connectivity index (χ2v) is 3.71. The van der Waals surface area contributed by atoms with E-state index in [0.29, 0.717) is 5.11 Å². The lowest BCUT2D eigenvalue weighted by Gasteiger charge is -2.21. The van der Waals surface area contributed by atoms with E-state index in [9.17, 15) is 0 Å². The van der Waals surface area contributed by atoms with E-state index in [4.69, 9.17) is 12.2 Å². The summed E-state index contributed by atoms with van der Waals surface area (Å²) in [4.78, 5) is 0. The zero-order chi connectivity index (χ0) is 9.54. The van der Waals surface area contributed by atoms with Gasteiger partial charge in [-0.2, -0.15) is 5.11 Å². The molecule has 0 radical (unpaired) electrons. The number of fused-ring (bicyclic) bond motifs is 3. The van der Waals surface area contributed by atoms with Crippen molar-refractivity contribution in [2.75, 3.05) is 5.32 Å². The summed E-state index contributed by atoms with van der Waals surface area (Å²) in [6, 6.07) is 8.15. The highest BCUT2D eigenvalue weighted by Gasteiger charge is 2.34. The number of hydrogen-bond donors (Lipinski definition) is 2. The molecular weight excluding hydrogens is 196 g/mol. The monoisotopic (exact) mass is 204 g/mol. The lowest BCUT2D eigenvalue weighted by Crippen LogP contribution is -2.41. The van der Waals surface area contributed by atoms with Gasteiger partial charge in [-0.05, 0) is 18.3 Å². The molecule has 0 fully saturated rings. The number of rotatable bonds is 0. The first-order chi connectivity index (χ1) is 6.84. The van der Waals surface area contributed by atoms with Crippen LogP contribution in [0.5, 0.6) is 0 Å². The fourth-order valence-corrected chi connectivity index (χ4v) is 2.01. The summed E-state index contributed by atoms with van der Waals surface area (Å²) in [7, 11) is 0. The molecule has 0 saturated carbocycles. The SMILES string of the molecule is S=C1N=NC2c3ccccc3NC2N1. The topological polar surface area (TPSA) is 48.8 Å². The summed E-state index contributed by atoms with van der Waals surface area (Å²) in [6.45, 7) is 0. The van der Waals surface area contributed by atoms with Crippen molar-refractivity contribution in [1.29, 1.82) is 0 Å². The molecule has 0 saturated heterocycles. The number of azo groups is 1. The van der Waals surface area contributed by atoms with Gasteiger partial charge in [-0.15, -0.1) is 5.11 Å². The van der Waals surface area contributed by atoms with Crippen LogP contribution in [0.3, 0.4) is 0 Å². The molecule has 2 heterocycles. The van der Waals surface area contributed by atoms with Crippen LogP contribution < -0.4 is 10.6 Å². The normalized spacial score (nSPS) is 27.6. The molecule has 2 atom stereocenters. The van der Waals surface area contributed by atoms with Crippen molar-refractivity contribution in [3.63, 3.8) is 0 Å². The van der Waals surface area contributed by atoms with Crippen LogP contribution in [0.1, 0.15) is 11.6 Å². The van der Waals surface area contributed by atoms with Crippen molar-refractivity contribution in [3.8, 4) is 0 Å². The van der Waals surface area contributed by atoms with E-state index in [1.54, 1.807) is 0 Å². The van der Waals surface area contributed by atoms with Crippen LogP contribution in [0.25, 0.3) is 0 Å². The summed E-state index contributed by atoms with van der Waals surface area (Å²) in [5, 5.41) is 14.9. The van der Waals surface area contributed by atoms with E-state index in [0.717, 1.165) is 5.69 Å². The minimum Gasteiger partial charge on any atom is -0.363 e. The lowest BCUT2D eigenvalue weighted by molar-refractivity contribution is 0.541. The second-order valence-electron chi connectivity index (χ2n) is 3.32. The van der Waals surface area contributed by atoms with Gasteiger partial charge in [0.15, 0.2) is 0 Å². The minimum atomic E-state index is 0.0536. The molecule has 0 amide bonds. The van der Waals surface area contributed by atoms with Gasteiger partial charge < -0.3 is 10.6 Å². The molecule has 2 N–H and O–H groups in total. The van der Waals surface area contributed by atoms with Crippen LogP contribution >= 0.6 is 12.2 Å². The highest BCUT2D eigenvalue weighted by atomic mass is 32.1. The highest BCUT2D eigenvalue weighted by molar-refractivity contribution is 7.80. The van der Waals surface area contributed by atoms with Crippen LogP contribution in [0.4, 0.5) is 5.69 Å². The summed E-state index contributed by atoms with van der Waals surface area (Å²) in [6.07, 6.45) is 0.0670. The molecule has 2 aliphatic rings. The third kappa shape index (κ3) is 1.02. The molecule has 0 aromatic heterocycles. The Labute approximate surface area is 86.4 Å². The third-order valence-corrected chi connectivity index (χ3v) is 2.66. The number of thiocarbonyl (C=S) groups is 1. The average Bonchev–Trinajstić information content (AvgIpc) is 2.54. The van der Waals surface area contributed by atoms with Gasteiger partial charge >= 0.3 is 0 Å². The summed E-state index contributed by atoms with van der Waals surface area (Å²) >= 11 is 4.93. The Morgan fingerprint density at radius 2 is 2.07 bits per heavy atom. The predicted octanol–water partition coefficient (Wildman–Crippen LogP) is 1.82. The average molecular weight is 204 g/mol. The molecule has 70 valence electrons. The summed E-state index contributed by atoms with van der Waals surface area (Å²) < 4.78 is 0. The second kappa shape index (κ2) is 2.75. The largest absolute Gasteiger partial charge is 0.363 e.